The second-order valence-electron chi connectivity index (χ2n) is 15.1. The van der Waals surface area contributed by atoms with Gasteiger partial charge in [0.25, 0.3) is 11.8 Å². The molecule has 0 radical (unpaired) electrons. The standard InChI is InChI=1S/C14H12F2N2O2.C10H14N2.C7H5F2NO2.C7H9NO.C7H7NO.C7H9N.CH4/c1-8-6-9(4-5-18-8)7-20-11-3-2-10(15)12(13(11)16)14(17)19;1-9-8-10(4-6-11-9)5-7-12(2)3;8-3-1-2-4(11)6(9)5(3)7(10)12;2*1-6-4-7(5-9)2-3-8-6;1-6-3-4-8-7(2)5-6;/h2-6H,7H2,1H3,(H2,17,19);4-8H,1-3H3;1-2,11H,(H2,10,12);2-4,9H,5H2,1H3;2-5H,1H3;3-5H,1-2H3;1H4/b;7-5+;;;;;. The van der Waals surface area contributed by atoms with Crippen molar-refractivity contribution in [2.75, 3.05) is 14.1 Å². The number of carbonyl (C=O) groups excluding carboxylic acids is 3. The van der Waals surface area contributed by atoms with Crippen molar-refractivity contribution in [3.05, 3.63) is 213 Å². The largest absolute Gasteiger partial charge is 0.505 e. The predicted molar refractivity (Wildman–Crippen MR) is 266 cm³/mol. The van der Waals surface area contributed by atoms with Gasteiger partial charge in [0.15, 0.2) is 23.1 Å². The number of amides is 2. The van der Waals surface area contributed by atoms with E-state index in [1.807, 2.05) is 90.4 Å². The molecule has 2 amide bonds. The second kappa shape index (κ2) is 31.6. The molecular formula is C53H60F4N8O6. The molecule has 0 aliphatic heterocycles. The van der Waals surface area contributed by atoms with Crippen LogP contribution in [0.2, 0.25) is 0 Å². The number of aromatic hydroxyl groups is 1. The molecule has 5 aromatic heterocycles. The molecule has 0 bridgehead atoms. The Morgan fingerprint density at radius 1 is 0.606 bits per heavy atom. The van der Waals surface area contributed by atoms with Gasteiger partial charge in [-0.15, -0.1) is 0 Å². The maximum Gasteiger partial charge on any atom is 0.254 e. The number of hydrogen-bond acceptors (Lipinski definition) is 12. The number of pyridine rings is 5. The summed E-state index contributed by atoms with van der Waals surface area (Å²) < 4.78 is 57.8. The molecule has 0 spiro atoms. The second-order valence-corrected chi connectivity index (χ2v) is 15.1. The molecule has 7 rings (SSSR count). The molecule has 6 N–H and O–H groups in total. The lowest BCUT2D eigenvalue weighted by molar-refractivity contribution is 0.0982. The first-order valence-corrected chi connectivity index (χ1v) is 21.0. The van der Waals surface area contributed by atoms with E-state index in [0.717, 1.165) is 70.1 Å². The molecule has 376 valence electrons. The molecule has 5 heterocycles. The maximum atomic E-state index is 13.9. The summed E-state index contributed by atoms with van der Waals surface area (Å²) in [6.07, 6.45) is 13.5. The third kappa shape index (κ3) is 23.0. The Morgan fingerprint density at radius 3 is 1.45 bits per heavy atom. The van der Waals surface area contributed by atoms with Gasteiger partial charge in [-0.1, -0.05) is 7.43 Å². The van der Waals surface area contributed by atoms with Crippen molar-refractivity contribution in [1.29, 1.82) is 0 Å². The van der Waals surface area contributed by atoms with Crippen LogP contribution in [0.5, 0.6) is 11.5 Å². The van der Waals surface area contributed by atoms with Gasteiger partial charge in [0.05, 0.1) is 6.61 Å². The van der Waals surface area contributed by atoms with Crippen LogP contribution in [-0.4, -0.2) is 72.2 Å². The maximum absolute atomic E-state index is 13.9. The molecule has 7 aromatic rings. The zero-order valence-corrected chi connectivity index (χ0v) is 40.0. The first kappa shape index (κ1) is 60.6. The highest BCUT2D eigenvalue weighted by atomic mass is 19.1. The number of halogens is 4. The first-order chi connectivity index (χ1) is 33.1. The number of aliphatic hydroxyl groups excluding tert-OH is 1. The van der Waals surface area contributed by atoms with Crippen molar-refractivity contribution in [1.82, 2.24) is 29.8 Å². The minimum Gasteiger partial charge on any atom is -0.505 e. The number of primary amides is 2. The third-order valence-corrected chi connectivity index (χ3v) is 8.71. The topological polar surface area (TPSA) is 221 Å². The van der Waals surface area contributed by atoms with Crippen LogP contribution in [0, 0.1) is 64.8 Å². The zero-order chi connectivity index (χ0) is 52.3. The van der Waals surface area contributed by atoms with Crippen molar-refractivity contribution in [2.45, 2.75) is 62.2 Å². The fraction of sp³-hybridized carbons (Fsp3) is 0.208. The molecule has 0 aliphatic carbocycles. The van der Waals surface area contributed by atoms with E-state index in [1.54, 1.807) is 48.9 Å². The van der Waals surface area contributed by atoms with Gasteiger partial charge < -0.3 is 31.3 Å². The lowest BCUT2D eigenvalue weighted by Gasteiger charge is -2.10. The molecule has 0 saturated heterocycles. The monoisotopic (exact) mass is 980 g/mol. The van der Waals surface area contributed by atoms with Crippen molar-refractivity contribution >= 4 is 24.2 Å². The number of aromatic nitrogens is 5. The summed E-state index contributed by atoms with van der Waals surface area (Å²) in [5.74, 6) is -7.98. The lowest BCUT2D eigenvalue weighted by Crippen LogP contribution is -2.16. The van der Waals surface area contributed by atoms with Crippen molar-refractivity contribution in [3.63, 3.8) is 0 Å². The van der Waals surface area contributed by atoms with E-state index in [9.17, 15) is 31.9 Å². The zero-order valence-electron chi connectivity index (χ0n) is 40.0. The Hall–Kier alpha value is -8.38. The molecule has 0 atom stereocenters. The Bertz CT molecular complexity index is 2810. The van der Waals surface area contributed by atoms with Gasteiger partial charge in [0.2, 0.25) is 0 Å². The SMILES string of the molecule is C.Cc1cc(/C=C/N(C)C)ccn1.Cc1cc(C=O)ccn1.Cc1cc(CO)ccn1.Cc1cc(COc2ccc(F)c(C(N)=O)c2F)ccn1.Cc1ccnc(C)c1.NC(=O)c1c(F)ccc(O)c1F. The predicted octanol–water partition coefficient (Wildman–Crippen LogP) is 9.46. The number of phenolic OH excluding ortho intramolecular Hbond substituents is 1. The van der Waals surface area contributed by atoms with Crippen molar-refractivity contribution in [2.24, 2.45) is 11.5 Å². The van der Waals surface area contributed by atoms with Crippen LogP contribution < -0.4 is 16.2 Å². The molecule has 0 saturated carbocycles. The van der Waals surface area contributed by atoms with Crippen LogP contribution in [0.4, 0.5) is 17.6 Å². The summed E-state index contributed by atoms with van der Waals surface area (Å²) in [4.78, 5) is 53.6. The molecular weight excluding hydrogens is 921 g/mol. The Labute approximate surface area is 411 Å². The Kier molecular flexibility index (Phi) is 27.0. The summed E-state index contributed by atoms with van der Waals surface area (Å²) in [5.41, 5.74) is 17.5. The van der Waals surface area contributed by atoms with Gasteiger partial charge in [-0.2, -0.15) is 0 Å². The third-order valence-electron chi connectivity index (χ3n) is 8.71. The van der Waals surface area contributed by atoms with Crippen LogP contribution in [-0.2, 0) is 13.2 Å². The van der Waals surface area contributed by atoms with Crippen LogP contribution in [0.15, 0.2) is 122 Å². The molecule has 18 heteroatoms. The first-order valence-electron chi connectivity index (χ1n) is 21.0. The number of carbonyl (C=O) groups is 3. The smallest absolute Gasteiger partial charge is 0.254 e. The number of hydrogen-bond donors (Lipinski definition) is 4. The molecule has 0 aliphatic rings. The van der Waals surface area contributed by atoms with Crippen LogP contribution in [0.3, 0.4) is 0 Å². The van der Waals surface area contributed by atoms with E-state index < -0.39 is 52.0 Å². The summed E-state index contributed by atoms with van der Waals surface area (Å²) in [6.45, 7) is 11.8. The number of aryl methyl sites for hydroxylation is 6. The minimum absolute atomic E-state index is 0. The fourth-order valence-electron chi connectivity index (χ4n) is 5.43. The molecule has 14 nitrogen and oxygen atoms in total. The van der Waals surface area contributed by atoms with E-state index in [4.69, 9.17) is 20.7 Å². The summed E-state index contributed by atoms with van der Waals surface area (Å²) in [5, 5.41) is 17.4. The highest BCUT2D eigenvalue weighted by Crippen LogP contribution is 2.24. The molecule has 2 aromatic carbocycles. The van der Waals surface area contributed by atoms with Gasteiger partial charge in [-0.3, -0.25) is 39.3 Å². The van der Waals surface area contributed by atoms with Crippen molar-refractivity contribution < 1.29 is 46.9 Å². The summed E-state index contributed by atoms with van der Waals surface area (Å²) in [6, 6.07) is 22.3. The van der Waals surface area contributed by atoms with Gasteiger partial charge in [0, 0.05) is 79.1 Å². The quantitative estimate of drug-likeness (QED) is 0.0785. The highest BCUT2D eigenvalue weighted by Gasteiger charge is 2.19. The number of nitrogens with two attached hydrogens (primary N) is 2. The van der Waals surface area contributed by atoms with E-state index in [1.165, 1.54) is 11.1 Å². The number of ether oxygens (including phenoxy) is 1. The molecule has 0 fully saturated rings. The number of aliphatic hydroxyl groups is 1. The fourth-order valence-corrected chi connectivity index (χ4v) is 5.43. The number of rotatable bonds is 9. The van der Waals surface area contributed by atoms with E-state index in [0.29, 0.717) is 5.56 Å². The average molecular weight is 981 g/mol. The Morgan fingerprint density at radius 2 is 1.04 bits per heavy atom. The Balaban J connectivity index is 0.000000439. The number of nitrogens with zero attached hydrogens (tertiary/aromatic N) is 6. The van der Waals surface area contributed by atoms with Crippen molar-refractivity contribution in [3.8, 4) is 11.5 Å². The number of phenols is 1. The highest BCUT2D eigenvalue weighted by molar-refractivity contribution is 5.94. The van der Waals surface area contributed by atoms with Gasteiger partial charge in [-0.05, 0) is 161 Å². The number of aldehydes is 1. The van der Waals surface area contributed by atoms with Crippen LogP contribution >= 0.6 is 0 Å². The average Bonchev–Trinajstić information content (AvgIpc) is 3.30. The minimum atomic E-state index is -1.33. The van der Waals surface area contributed by atoms with Crippen LogP contribution in [0.25, 0.3) is 6.08 Å². The van der Waals surface area contributed by atoms with Gasteiger partial charge >= 0.3 is 0 Å². The number of benzene rings is 2. The molecule has 71 heavy (non-hydrogen) atoms. The van der Waals surface area contributed by atoms with Crippen LogP contribution in [0.1, 0.15) is 89.2 Å². The van der Waals surface area contributed by atoms with E-state index in [2.05, 4.69) is 55.8 Å². The van der Waals surface area contributed by atoms with Gasteiger partial charge in [0.1, 0.15) is 35.7 Å². The summed E-state index contributed by atoms with van der Waals surface area (Å²) >= 11 is 0. The summed E-state index contributed by atoms with van der Waals surface area (Å²) in [7, 11) is 4.01. The normalized spacial score (nSPS) is 9.76. The van der Waals surface area contributed by atoms with E-state index in [-0.39, 0.29) is 26.4 Å². The van der Waals surface area contributed by atoms with E-state index >= 15 is 0 Å². The molecule has 0 unspecified atom stereocenters. The lowest BCUT2D eigenvalue weighted by atomic mass is 10.1. The van der Waals surface area contributed by atoms with Gasteiger partial charge in [-0.25, -0.2) is 17.6 Å².